The molecule has 128 valence electrons. The fourth-order valence-corrected chi connectivity index (χ4v) is 3.18. The van der Waals surface area contributed by atoms with Crippen LogP contribution >= 0.6 is 0 Å². The molecule has 0 radical (unpaired) electrons. The first-order chi connectivity index (χ1) is 11.6. The van der Waals surface area contributed by atoms with E-state index >= 15 is 0 Å². The highest BCUT2D eigenvalue weighted by atomic mass is 19.1. The summed E-state index contributed by atoms with van der Waals surface area (Å²) < 4.78 is 18.8. The number of H-pyrrole nitrogens is 1. The minimum atomic E-state index is -0.261. The van der Waals surface area contributed by atoms with Crippen molar-refractivity contribution in [1.82, 2.24) is 15.1 Å². The van der Waals surface area contributed by atoms with Gasteiger partial charge in [0.15, 0.2) is 0 Å². The molecule has 0 saturated heterocycles. The molecule has 2 aromatic rings. The zero-order chi connectivity index (χ0) is 17.1. The molecule has 0 bridgehead atoms. The highest BCUT2D eigenvalue weighted by molar-refractivity contribution is 5.69. The van der Waals surface area contributed by atoms with Crippen molar-refractivity contribution in [3.05, 3.63) is 41.3 Å². The van der Waals surface area contributed by atoms with E-state index in [0.29, 0.717) is 24.2 Å². The molecule has 0 fully saturated rings. The molecule has 24 heavy (non-hydrogen) atoms. The number of hydrogen-bond donors (Lipinski definition) is 1. The molecule has 2 heterocycles. The number of hydrogen-bond acceptors (Lipinski definition) is 4. The van der Waals surface area contributed by atoms with Gasteiger partial charge >= 0.3 is 5.97 Å². The van der Waals surface area contributed by atoms with Crippen molar-refractivity contribution < 1.29 is 13.9 Å². The molecule has 0 spiro atoms. The van der Waals surface area contributed by atoms with Crippen LogP contribution in [0.15, 0.2) is 24.3 Å². The average molecular weight is 331 g/mol. The second-order valence-corrected chi connectivity index (χ2v) is 6.19. The largest absolute Gasteiger partial charge is 0.469 e. The van der Waals surface area contributed by atoms with Crippen molar-refractivity contribution in [3.8, 4) is 11.3 Å². The Balaban J connectivity index is 1.77. The van der Waals surface area contributed by atoms with Crippen LogP contribution in [-0.2, 0) is 22.5 Å². The molecule has 1 atom stereocenters. The van der Waals surface area contributed by atoms with Crippen LogP contribution in [0.4, 0.5) is 4.39 Å². The molecule has 0 saturated carbocycles. The van der Waals surface area contributed by atoms with Crippen LogP contribution in [0.25, 0.3) is 11.3 Å². The lowest BCUT2D eigenvalue weighted by Gasteiger charge is -2.32. The maximum Gasteiger partial charge on any atom is 0.305 e. The van der Waals surface area contributed by atoms with Gasteiger partial charge in [0, 0.05) is 48.8 Å². The molecular formula is C18H22FN3O2. The number of halogens is 1. The van der Waals surface area contributed by atoms with Gasteiger partial charge in [-0.3, -0.25) is 14.8 Å². The van der Waals surface area contributed by atoms with Gasteiger partial charge in [0.05, 0.1) is 12.8 Å². The molecule has 5 nitrogen and oxygen atoms in total. The second kappa shape index (κ2) is 7.13. The summed E-state index contributed by atoms with van der Waals surface area (Å²) in [6, 6.07) is 6.96. The van der Waals surface area contributed by atoms with E-state index in [4.69, 9.17) is 4.74 Å². The van der Waals surface area contributed by atoms with Crippen LogP contribution in [0.2, 0.25) is 0 Å². The summed E-state index contributed by atoms with van der Waals surface area (Å²) in [4.78, 5) is 13.6. The van der Waals surface area contributed by atoms with Gasteiger partial charge in [-0.25, -0.2) is 4.39 Å². The molecule has 1 aliphatic heterocycles. The van der Waals surface area contributed by atoms with Crippen molar-refractivity contribution in [2.45, 2.75) is 38.8 Å². The average Bonchev–Trinajstić information content (AvgIpc) is 3.02. The minimum Gasteiger partial charge on any atom is -0.469 e. The number of nitrogens with zero attached hydrogens (tertiary/aromatic N) is 2. The molecule has 0 amide bonds. The van der Waals surface area contributed by atoms with E-state index in [1.165, 1.54) is 13.2 Å². The summed E-state index contributed by atoms with van der Waals surface area (Å²) in [5, 5.41) is 7.40. The number of ether oxygens (including phenoxy) is 1. The topological polar surface area (TPSA) is 58.2 Å². The number of carbonyl (C=O) groups excluding carboxylic acids is 1. The molecule has 6 heteroatoms. The van der Waals surface area contributed by atoms with Crippen LogP contribution in [0.1, 0.15) is 31.0 Å². The minimum absolute atomic E-state index is 0.185. The van der Waals surface area contributed by atoms with Crippen LogP contribution in [-0.4, -0.2) is 40.8 Å². The molecular weight excluding hydrogens is 309 g/mol. The molecule has 1 aliphatic rings. The fraction of sp³-hybridized carbons (Fsp3) is 0.444. The zero-order valence-corrected chi connectivity index (χ0v) is 14.0. The lowest BCUT2D eigenvalue weighted by molar-refractivity contribution is -0.141. The Morgan fingerprint density at radius 1 is 1.46 bits per heavy atom. The third-order valence-corrected chi connectivity index (χ3v) is 4.71. The normalized spacial score (nSPS) is 15.8. The Morgan fingerprint density at radius 2 is 2.25 bits per heavy atom. The van der Waals surface area contributed by atoms with Gasteiger partial charge in [0.25, 0.3) is 0 Å². The van der Waals surface area contributed by atoms with Crippen LogP contribution in [0.3, 0.4) is 0 Å². The Morgan fingerprint density at radius 3 is 3.00 bits per heavy atom. The summed E-state index contributed by atoms with van der Waals surface area (Å²) >= 11 is 0. The maximum absolute atomic E-state index is 14.1. The van der Waals surface area contributed by atoms with Crippen molar-refractivity contribution in [2.24, 2.45) is 0 Å². The number of esters is 1. The number of fused-ring (bicyclic) bond motifs is 1. The highest BCUT2D eigenvalue weighted by Crippen LogP contribution is 2.30. The molecule has 1 aromatic heterocycles. The van der Waals surface area contributed by atoms with Crippen molar-refractivity contribution in [3.63, 3.8) is 0 Å². The van der Waals surface area contributed by atoms with Gasteiger partial charge in [0.1, 0.15) is 5.82 Å². The molecule has 1 aromatic carbocycles. The third-order valence-electron chi connectivity index (χ3n) is 4.71. The number of nitrogens with one attached hydrogen (secondary N) is 1. The highest BCUT2D eigenvalue weighted by Gasteiger charge is 2.26. The third kappa shape index (κ3) is 3.33. The summed E-state index contributed by atoms with van der Waals surface area (Å²) in [6.07, 6.45) is 2.00. The lowest BCUT2D eigenvalue weighted by Crippen LogP contribution is -2.37. The number of aromatic nitrogens is 2. The second-order valence-electron chi connectivity index (χ2n) is 6.19. The predicted octanol–water partition coefficient (Wildman–Crippen LogP) is 2.92. The van der Waals surface area contributed by atoms with Crippen molar-refractivity contribution in [1.29, 1.82) is 0 Å². The Hall–Kier alpha value is -2.21. The first-order valence-corrected chi connectivity index (χ1v) is 8.22. The summed E-state index contributed by atoms with van der Waals surface area (Å²) in [7, 11) is 1.41. The summed E-state index contributed by atoms with van der Waals surface area (Å²) in [5.41, 5.74) is 3.34. The fourth-order valence-electron chi connectivity index (χ4n) is 3.18. The van der Waals surface area contributed by atoms with Gasteiger partial charge < -0.3 is 4.74 Å². The SMILES string of the molecule is COC(=O)CC[C@H](C)N1CCc2[nH]nc(-c3ccccc3F)c2C1. The zero-order valence-electron chi connectivity index (χ0n) is 14.0. The van der Waals surface area contributed by atoms with Gasteiger partial charge in [-0.2, -0.15) is 5.10 Å². The quantitative estimate of drug-likeness (QED) is 0.856. The van der Waals surface area contributed by atoms with Crippen molar-refractivity contribution in [2.75, 3.05) is 13.7 Å². The first kappa shape index (κ1) is 16.6. The van der Waals surface area contributed by atoms with Crippen molar-refractivity contribution >= 4 is 5.97 Å². The molecule has 3 rings (SSSR count). The standard InChI is InChI=1S/C18H22FN3O2/c1-12(7-8-17(23)24-2)22-10-9-16-14(11-22)18(21-20-16)13-5-3-4-6-15(13)19/h3-6,12H,7-11H2,1-2H3,(H,20,21)/t12-/m0/s1. The van der Waals surface area contributed by atoms with E-state index in [-0.39, 0.29) is 17.8 Å². The van der Waals surface area contributed by atoms with Gasteiger partial charge in [-0.15, -0.1) is 0 Å². The van der Waals surface area contributed by atoms with E-state index < -0.39 is 0 Å². The summed E-state index contributed by atoms with van der Waals surface area (Å²) in [6.45, 7) is 3.71. The number of carbonyl (C=O) groups is 1. The Labute approximate surface area is 140 Å². The Kier molecular flexibility index (Phi) is 4.94. The Bertz CT molecular complexity index is 729. The van der Waals surface area contributed by atoms with Crippen LogP contribution in [0.5, 0.6) is 0 Å². The first-order valence-electron chi connectivity index (χ1n) is 8.22. The number of methoxy groups -OCH3 is 1. The number of rotatable bonds is 5. The van der Waals surface area contributed by atoms with E-state index in [2.05, 4.69) is 22.0 Å². The van der Waals surface area contributed by atoms with Gasteiger partial charge in [0.2, 0.25) is 0 Å². The van der Waals surface area contributed by atoms with Crippen LogP contribution < -0.4 is 0 Å². The number of aromatic amines is 1. The van der Waals surface area contributed by atoms with E-state index in [9.17, 15) is 9.18 Å². The predicted molar refractivity (Wildman–Crippen MR) is 88.8 cm³/mol. The van der Waals surface area contributed by atoms with E-state index in [1.54, 1.807) is 12.1 Å². The molecule has 0 unspecified atom stereocenters. The van der Waals surface area contributed by atoms with E-state index in [0.717, 1.165) is 30.6 Å². The van der Waals surface area contributed by atoms with Crippen LogP contribution in [0, 0.1) is 5.82 Å². The monoisotopic (exact) mass is 331 g/mol. The smallest absolute Gasteiger partial charge is 0.305 e. The molecule has 0 aliphatic carbocycles. The lowest BCUT2D eigenvalue weighted by atomic mass is 9.99. The molecule has 1 N–H and O–H groups in total. The van der Waals surface area contributed by atoms with Gasteiger partial charge in [-0.1, -0.05) is 12.1 Å². The summed E-state index contributed by atoms with van der Waals surface area (Å²) in [5.74, 6) is -0.447. The maximum atomic E-state index is 14.1. The number of benzene rings is 1. The van der Waals surface area contributed by atoms with Gasteiger partial charge in [-0.05, 0) is 25.5 Å². The van der Waals surface area contributed by atoms with E-state index in [1.807, 2.05) is 6.07 Å².